The van der Waals surface area contributed by atoms with Crippen molar-refractivity contribution in [3.63, 3.8) is 0 Å². The molecule has 0 bridgehead atoms. The summed E-state index contributed by atoms with van der Waals surface area (Å²) in [5.74, 6) is -0.483. The van der Waals surface area contributed by atoms with Gasteiger partial charge in [0.2, 0.25) is 0 Å². The van der Waals surface area contributed by atoms with E-state index in [-0.39, 0.29) is 23.3 Å². The highest BCUT2D eigenvalue weighted by molar-refractivity contribution is 5.96. The monoisotopic (exact) mass is 232 g/mol. The molecule has 2 aromatic rings. The molecule has 1 amide bonds. The van der Waals surface area contributed by atoms with Gasteiger partial charge in [-0.3, -0.25) is 14.9 Å². The molecule has 1 atom stereocenters. The molecule has 88 valence electrons. The van der Waals surface area contributed by atoms with Gasteiger partial charge >= 0.3 is 0 Å². The molecule has 17 heavy (non-hydrogen) atoms. The van der Waals surface area contributed by atoms with E-state index in [0.29, 0.717) is 0 Å². The zero-order valence-electron chi connectivity index (χ0n) is 9.21. The van der Waals surface area contributed by atoms with Crippen LogP contribution in [-0.4, -0.2) is 26.2 Å². The fourth-order valence-electron chi connectivity index (χ4n) is 1.43. The first-order chi connectivity index (χ1) is 8.18. The number of hydrogen-bond acceptors (Lipinski definition) is 4. The molecule has 0 aliphatic carbocycles. The molecular weight excluding hydrogens is 220 g/mol. The second kappa shape index (κ2) is 4.65. The number of carbonyl (C=O) groups is 1. The van der Waals surface area contributed by atoms with E-state index in [2.05, 4.69) is 20.5 Å². The van der Waals surface area contributed by atoms with E-state index in [9.17, 15) is 9.90 Å². The van der Waals surface area contributed by atoms with Crippen LogP contribution in [0.2, 0.25) is 0 Å². The van der Waals surface area contributed by atoms with Gasteiger partial charge in [0, 0.05) is 18.0 Å². The van der Waals surface area contributed by atoms with Crippen LogP contribution >= 0.6 is 0 Å². The summed E-state index contributed by atoms with van der Waals surface area (Å²) in [4.78, 5) is 15.6. The minimum absolute atomic E-state index is 0.135. The van der Waals surface area contributed by atoms with Gasteiger partial charge in [-0.2, -0.15) is 5.10 Å². The van der Waals surface area contributed by atoms with E-state index in [4.69, 9.17) is 0 Å². The van der Waals surface area contributed by atoms with Gasteiger partial charge in [0.25, 0.3) is 5.91 Å². The quantitative estimate of drug-likeness (QED) is 0.736. The Labute approximate surface area is 97.7 Å². The van der Waals surface area contributed by atoms with E-state index in [1.807, 2.05) is 6.92 Å². The standard InChI is InChI=1S/C11H12N4O2/c1-7(8-4-13-14-5-8)15-11(17)9-2-3-12-6-10(9)16/h2-7,16H,1H3,(H,13,14)(H,15,17). The predicted octanol–water partition coefficient (Wildman–Crippen LogP) is 1.00. The first-order valence-electron chi connectivity index (χ1n) is 5.11. The number of nitrogens with zero attached hydrogens (tertiary/aromatic N) is 2. The van der Waals surface area contributed by atoms with Crippen LogP contribution in [0.3, 0.4) is 0 Å². The fraction of sp³-hybridized carbons (Fsp3) is 0.182. The molecule has 0 saturated carbocycles. The van der Waals surface area contributed by atoms with Gasteiger partial charge in [-0.25, -0.2) is 0 Å². The van der Waals surface area contributed by atoms with E-state index in [1.54, 1.807) is 12.4 Å². The average molecular weight is 232 g/mol. The summed E-state index contributed by atoms with van der Waals surface area (Å²) in [6.07, 6.45) is 6.03. The maximum Gasteiger partial charge on any atom is 0.255 e. The number of aromatic amines is 1. The van der Waals surface area contributed by atoms with E-state index < -0.39 is 0 Å². The number of nitrogens with one attached hydrogen (secondary N) is 2. The van der Waals surface area contributed by atoms with E-state index >= 15 is 0 Å². The summed E-state index contributed by atoms with van der Waals surface area (Å²) >= 11 is 0. The number of rotatable bonds is 3. The molecular formula is C11H12N4O2. The highest BCUT2D eigenvalue weighted by Crippen LogP contribution is 2.16. The molecule has 0 spiro atoms. The third kappa shape index (κ3) is 2.41. The molecule has 0 saturated heterocycles. The number of aromatic nitrogens is 3. The molecule has 1 unspecified atom stereocenters. The molecule has 0 aliphatic heterocycles. The lowest BCUT2D eigenvalue weighted by atomic mass is 10.1. The zero-order chi connectivity index (χ0) is 12.3. The van der Waals surface area contributed by atoms with Crippen molar-refractivity contribution in [1.82, 2.24) is 20.5 Å². The van der Waals surface area contributed by atoms with Crippen LogP contribution in [0.1, 0.15) is 28.9 Å². The third-order valence-electron chi connectivity index (χ3n) is 2.41. The van der Waals surface area contributed by atoms with Crippen molar-refractivity contribution in [2.45, 2.75) is 13.0 Å². The maximum atomic E-state index is 11.8. The summed E-state index contributed by atoms with van der Waals surface area (Å²) in [7, 11) is 0. The molecule has 0 fully saturated rings. The Kier molecular flexibility index (Phi) is 3.04. The maximum absolute atomic E-state index is 11.8. The SMILES string of the molecule is CC(NC(=O)c1ccncc1O)c1cn[nH]c1. The van der Waals surface area contributed by atoms with Gasteiger partial charge in [0.05, 0.1) is 24.0 Å². The first-order valence-corrected chi connectivity index (χ1v) is 5.11. The first kappa shape index (κ1) is 11.1. The Morgan fingerprint density at radius 2 is 2.35 bits per heavy atom. The van der Waals surface area contributed by atoms with Crippen molar-refractivity contribution in [2.75, 3.05) is 0 Å². The van der Waals surface area contributed by atoms with Crippen LogP contribution in [0.4, 0.5) is 0 Å². The number of amides is 1. The summed E-state index contributed by atoms with van der Waals surface area (Å²) in [5, 5.41) is 18.7. The lowest BCUT2D eigenvalue weighted by Gasteiger charge is -2.12. The van der Waals surface area contributed by atoms with Crippen molar-refractivity contribution in [2.24, 2.45) is 0 Å². The van der Waals surface area contributed by atoms with Crippen molar-refractivity contribution < 1.29 is 9.90 Å². The van der Waals surface area contributed by atoms with Crippen LogP contribution in [0.5, 0.6) is 5.75 Å². The molecule has 0 aromatic carbocycles. The Morgan fingerprint density at radius 1 is 1.53 bits per heavy atom. The second-order valence-electron chi connectivity index (χ2n) is 3.62. The van der Waals surface area contributed by atoms with Crippen LogP contribution in [0.15, 0.2) is 30.9 Å². The van der Waals surface area contributed by atoms with E-state index in [1.165, 1.54) is 18.5 Å². The molecule has 2 heterocycles. The van der Waals surface area contributed by atoms with Gasteiger partial charge < -0.3 is 10.4 Å². The molecule has 6 nitrogen and oxygen atoms in total. The number of carbonyl (C=O) groups excluding carboxylic acids is 1. The minimum atomic E-state index is -0.349. The van der Waals surface area contributed by atoms with Gasteiger partial charge in [-0.05, 0) is 13.0 Å². The van der Waals surface area contributed by atoms with Crippen LogP contribution in [-0.2, 0) is 0 Å². The van der Waals surface area contributed by atoms with Gasteiger partial charge in [-0.1, -0.05) is 0 Å². The second-order valence-corrected chi connectivity index (χ2v) is 3.62. The molecule has 2 aromatic heterocycles. The molecule has 3 N–H and O–H groups in total. The highest BCUT2D eigenvalue weighted by atomic mass is 16.3. The number of aromatic hydroxyl groups is 1. The third-order valence-corrected chi connectivity index (χ3v) is 2.41. The van der Waals surface area contributed by atoms with E-state index in [0.717, 1.165) is 5.56 Å². The lowest BCUT2D eigenvalue weighted by molar-refractivity contribution is 0.0937. The molecule has 0 radical (unpaired) electrons. The van der Waals surface area contributed by atoms with Crippen molar-refractivity contribution in [1.29, 1.82) is 0 Å². The largest absolute Gasteiger partial charge is 0.505 e. The molecule has 6 heteroatoms. The van der Waals surface area contributed by atoms with Gasteiger partial charge in [0.1, 0.15) is 5.75 Å². The summed E-state index contributed by atoms with van der Waals surface area (Å²) in [5.41, 5.74) is 1.07. The summed E-state index contributed by atoms with van der Waals surface area (Å²) in [6.45, 7) is 1.83. The summed E-state index contributed by atoms with van der Waals surface area (Å²) in [6, 6.07) is 1.28. The topological polar surface area (TPSA) is 90.9 Å². The molecule has 2 rings (SSSR count). The number of pyridine rings is 1. The van der Waals surface area contributed by atoms with Crippen molar-refractivity contribution in [3.05, 3.63) is 42.0 Å². The smallest absolute Gasteiger partial charge is 0.255 e. The zero-order valence-corrected chi connectivity index (χ0v) is 9.21. The fourth-order valence-corrected chi connectivity index (χ4v) is 1.43. The van der Waals surface area contributed by atoms with Crippen molar-refractivity contribution in [3.8, 4) is 5.75 Å². The Bertz CT molecular complexity index is 510. The van der Waals surface area contributed by atoms with Crippen LogP contribution in [0, 0.1) is 0 Å². The average Bonchev–Trinajstić information content (AvgIpc) is 2.82. The van der Waals surface area contributed by atoms with Crippen LogP contribution < -0.4 is 5.32 Å². The minimum Gasteiger partial charge on any atom is -0.505 e. The lowest BCUT2D eigenvalue weighted by Crippen LogP contribution is -2.26. The van der Waals surface area contributed by atoms with Crippen molar-refractivity contribution >= 4 is 5.91 Å². The number of hydrogen-bond donors (Lipinski definition) is 3. The number of H-pyrrole nitrogens is 1. The Hall–Kier alpha value is -2.37. The Morgan fingerprint density at radius 3 is 3.00 bits per heavy atom. The summed E-state index contributed by atoms with van der Waals surface area (Å²) < 4.78 is 0. The molecule has 0 aliphatic rings. The predicted molar refractivity (Wildman–Crippen MR) is 60.4 cm³/mol. The normalized spacial score (nSPS) is 12.1. The Balaban J connectivity index is 2.10. The van der Waals surface area contributed by atoms with Gasteiger partial charge in [0.15, 0.2) is 0 Å². The van der Waals surface area contributed by atoms with Gasteiger partial charge in [-0.15, -0.1) is 0 Å². The highest BCUT2D eigenvalue weighted by Gasteiger charge is 2.14. The van der Waals surface area contributed by atoms with Crippen LogP contribution in [0.25, 0.3) is 0 Å².